The first-order valence-electron chi connectivity index (χ1n) is 6.78. The second-order valence-electron chi connectivity index (χ2n) is 4.77. The van der Waals surface area contributed by atoms with E-state index in [1.54, 1.807) is 24.3 Å². The molecule has 0 aliphatic heterocycles. The summed E-state index contributed by atoms with van der Waals surface area (Å²) in [6.45, 7) is 0. The van der Waals surface area contributed by atoms with Crippen molar-refractivity contribution in [1.82, 2.24) is 0 Å². The molecule has 3 N–H and O–H groups in total. The van der Waals surface area contributed by atoms with Crippen LogP contribution in [0.1, 0.15) is 5.56 Å². The number of hydrogen-bond donors (Lipinski definition) is 2. The molecule has 0 radical (unpaired) electrons. The minimum atomic E-state index is -4.32. The monoisotopic (exact) mass is 386 g/mol. The highest BCUT2D eigenvalue weighted by atomic mass is 32.2. The van der Waals surface area contributed by atoms with Gasteiger partial charge in [0.2, 0.25) is 10.0 Å². The molecule has 0 saturated heterocycles. The fourth-order valence-electron chi connectivity index (χ4n) is 2.07. The van der Waals surface area contributed by atoms with E-state index in [-0.39, 0.29) is 5.69 Å². The van der Waals surface area contributed by atoms with Crippen molar-refractivity contribution < 1.29 is 26.3 Å². The third-order valence-corrected chi connectivity index (χ3v) is 4.76. The van der Waals surface area contributed by atoms with Gasteiger partial charge in [0.15, 0.2) is 0 Å². The van der Waals surface area contributed by atoms with Gasteiger partial charge in [-0.25, -0.2) is 26.5 Å². The maximum Gasteiger partial charge on any atom is 0.266 e. The summed E-state index contributed by atoms with van der Waals surface area (Å²) in [6.07, 6.45) is 2.62. The summed E-state index contributed by atoms with van der Waals surface area (Å²) >= 11 is -2.62. The van der Waals surface area contributed by atoms with Gasteiger partial charge in [0.25, 0.3) is 11.3 Å². The summed E-state index contributed by atoms with van der Waals surface area (Å²) in [4.78, 5) is -0.612. The van der Waals surface area contributed by atoms with Crippen LogP contribution in [0.2, 0.25) is 0 Å². The molecule has 2 rings (SSSR count). The highest BCUT2D eigenvalue weighted by molar-refractivity contribution is 7.89. The zero-order chi connectivity index (χ0) is 18.6. The van der Waals surface area contributed by atoms with Crippen LogP contribution < -0.4 is 14.2 Å². The lowest BCUT2D eigenvalue weighted by atomic mass is 10.2. The molecule has 2 aromatic rings. The molecule has 0 heterocycles. The van der Waals surface area contributed by atoms with Crippen molar-refractivity contribution in [2.75, 3.05) is 11.4 Å². The van der Waals surface area contributed by atoms with E-state index in [1.807, 2.05) is 0 Å². The summed E-state index contributed by atoms with van der Waals surface area (Å²) < 4.78 is 63.8. The molecular weight excluding hydrogens is 371 g/mol. The Balaban J connectivity index is 2.54. The molecule has 0 aliphatic rings. The Labute approximate surface area is 147 Å². The minimum absolute atomic E-state index is 0.240. The number of nitrogens with two attached hydrogens (primary N) is 1. The third kappa shape index (κ3) is 4.63. The van der Waals surface area contributed by atoms with Crippen LogP contribution in [-0.2, 0) is 21.3 Å². The normalized spacial score (nSPS) is 13.0. The lowest BCUT2D eigenvalue weighted by Gasteiger charge is -2.18. The van der Waals surface area contributed by atoms with E-state index in [1.165, 1.54) is 19.4 Å². The number of para-hydroxylation sites is 1. The number of anilines is 1. The van der Waals surface area contributed by atoms with E-state index in [2.05, 4.69) is 0 Å². The highest BCUT2D eigenvalue weighted by Gasteiger charge is 2.21. The molecule has 2 aromatic carbocycles. The van der Waals surface area contributed by atoms with Crippen molar-refractivity contribution in [2.24, 2.45) is 5.14 Å². The van der Waals surface area contributed by atoms with Gasteiger partial charge in [0.05, 0.1) is 12.8 Å². The Kier molecular flexibility index (Phi) is 5.90. The van der Waals surface area contributed by atoms with E-state index in [0.29, 0.717) is 17.4 Å². The first-order chi connectivity index (χ1) is 11.7. The van der Waals surface area contributed by atoms with Crippen LogP contribution in [0.15, 0.2) is 53.6 Å². The molecule has 10 heteroatoms. The number of benzene rings is 2. The Morgan fingerprint density at radius 1 is 1.28 bits per heavy atom. The van der Waals surface area contributed by atoms with Crippen LogP contribution in [-0.4, -0.2) is 24.3 Å². The molecule has 1 unspecified atom stereocenters. The van der Waals surface area contributed by atoms with Gasteiger partial charge in [-0.15, -0.1) is 0 Å². The maximum atomic E-state index is 13.4. The number of nitrogens with zero attached hydrogens (tertiary/aromatic N) is 1. The molecule has 0 amide bonds. The van der Waals surface area contributed by atoms with Gasteiger partial charge in [0, 0.05) is 11.8 Å². The van der Waals surface area contributed by atoms with E-state index >= 15 is 0 Å². The first kappa shape index (κ1) is 19.1. The van der Waals surface area contributed by atoms with Gasteiger partial charge in [-0.2, -0.15) is 0 Å². The number of sulfonamides is 1. The summed E-state index contributed by atoms with van der Waals surface area (Å²) in [6, 6.07) is 9.55. The number of halogens is 1. The molecule has 1 atom stereocenters. The molecule has 0 bridgehead atoms. The van der Waals surface area contributed by atoms with Crippen molar-refractivity contribution in [3.05, 3.63) is 60.0 Å². The quantitative estimate of drug-likeness (QED) is 0.739. The van der Waals surface area contributed by atoms with Gasteiger partial charge in [-0.3, -0.25) is 4.55 Å². The lowest BCUT2D eigenvalue weighted by Crippen LogP contribution is -2.23. The van der Waals surface area contributed by atoms with E-state index < -0.39 is 32.0 Å². The van der Waals surface area contributed by atoms with Crippen molar-refractivity contribution in [3.8, 4) is 5.75 Å². The predicted molar refractivity (Wildman–Crippen MR) is 93.1 cm³/mol. The van der Waals surface area contributed by atoms with E-state index in [4.69, 9.17) is 9.88 Å². The van der Waals surface area contributed by atoms with E-state index in [0.717, 1.165) is 16.4 Å². The van der Waals surface area contributed by atoms with Crippen LogP contribution in [0.4, 0.5) is 10.1 Å². The Bertz CT molecular complexity index is 931. The molecular formula is C15H15FN2O5S2. The van der Waals surface area contributed by atoms with Crippen LogP contribution in [0.25, 0.3) is 6.08 Å². The standard InChI is InChI=1S/C15H15FN2O5S2/c1-23-14-5-3-2-4-11(14)8-9-18(24(19)20)13-7-6-12(16)10-15(13)25(17,21)22/h2-10H,1H3,(H,19,20)(H2,17,21,22). The molecule has 0 spiro atoms. The molecule has 0 fully saturated rings. The van der Waals surface area contributed by atoms with Crippen LogP contribution >= 0.6 is 0 Å². The average Bonchev–Trinajstić information content (AvgIpc) is 2.55. The Hall–Kier alpha value is -2.27. The van der Waals surface area contributed by atoms with Crippen molar-refractivity contribution >= 4 is 33.1 Å². The Morgan fingerprint density at radius 3 is 2.56 bits per heavy atom. The van der Waals surface area contributed by atoms with E-state index in [9.17, 15) is 21.6 Å². The topological polar surface area (TPSA) is 110 Å². The summed E-state index contributed by atoms with van der Waals surface area (Å²) in [5.41, 5.74) is 0.343. The van der Waals surface area contributed by atoms with Gasteiger partial charge < -0.3 is 4.74 Å². The number of rotatable bonds is 6. The molecule has 0 aromatic heterocycles. The van der Waals surface area contributed by atoms with Gasteiger partial charge in [0.1, 0.15) is 16.5 Å². The number of primary sulfonamides is 1. The van der Waals surface area contributed by atoms with Crippen LogP contribution in [0.5, 0.6) is 5.75 Å². The van der Waals surface area contributed by atoms with Crippen LogP contribution in [0.3, 0.4) is 0 Å². The fraction of sp³-hybridized carbons (Fsp3) is 0.0667. The minimum Gasteiger partial charge on any atom is -0.496 e. The van der Waals surface area contributed by atoms with Gasteiger partial charge in [-0.1, -0.05) is 18.2 Å². The number of methoxy groups -OCH3 is 1. The highest BCUT2D eigenvalue weighted by Crippen LogP contribution is 2.28. The molecule has 0 saturated carbocycles. The second kappa shape index (κ2) is 7.74. The SMILES string of the molecule is COc1ccccc1C=CN(c1ccc(F)cc1S(N)(=O)=O)S(=O)O. The van der Waals surface area contributed by atoms with Gasteiger partial charge in [-0.05, 0) is 30.3 Å². The molecule has 25 heavy (non-hydrogen) atoms. The molecule has 134 valence electrons. The zero-order valence-electron chi connectivity index (χ0n) is 13.0. The van der Waals surface area contributed by atoms with Crippen molar-refractivity contribution in [1.29, 1.82) is 0 Å². The number of hydrogen-bond acceptors (Lipinski definition) is 4. The Morgan fingerprint density at radius 2 is 1.96 bits per heavy atom. The van der Waals surface area contributed by atoms with Crippen molar-refractivity contribution in [2.45, 2.75) is 4.90 Å². The van der Waals surface area contributed by atoms with Crippen molar-refractivity contribution in [3.63, 3.8) is 0 Å². The predicted octanol–water partition coefficient (Wildman–Crippen LogP) is 2.10. The zero-order valence-corrected chi connectivity index (χ0v) is 14.6. The summed E-state index contributed by atoms with van der Waals surface area (Å²) in [5, 5.41) is 5.07. The largest absolute Gasteiger partial charge is 0.496 e. The average molecular weight is 386 g/mol. The molecule has 0 aliphatic carbocycles. The maximum absolute atomic E-state index is 13.4. The lowest BCUT2D eigenvalue weighted by molar-refractivity contribution is 0.414. The van der Waals surface area contributed by atoms with Crippen LogP contribution in [0, 0.1) is 5.82 Å². The number of ether oxygens (including phenoxy) is 1. The third-order valence-electron chi connectivity index (χ3n) is 3.16. The fourth-order valence-corrected chi connectivity index (χ4v) is 3.35. The summed E-state index contributed by atoms with van der Waals surface area (Å²) in [5.74, 6) is -0.335. The first-order valence-corrected chi connectivity index (χ1v) is 9.39. The second-order valence-corrected chi connectivity index (χ2v) is 7.16. The van der Waals surface area contributed by atoms with Gasteiger partial charge >= 0.3 is 0 Å². The smallest absolute Gasteiger partial charge is 0.266 e. The summed E-state index contributed by atoms with van der Waals surface area (Å²) in [7, 11) is -2.85. The molecule has 7 nitrogen and oxygen atoms in total.